The number of rotatable bonds is 1. The number of imidazole rings is 1. The van der Waals surface area contributed by atoms with Gasteiger partial charge in [0.1, 0.15) is 0 Å². The molecular weight excluding hydrogens is 438 g/mol. The van der Waals surface area contributed by atoms with Crippen molar-refractivity contribution in [3.8, 4) is 17.1 Å². The lowest BCUT2D eigenvalue weighted by Crippen LogP contribution is -2.14. The number of hydrogen-bond acceptors (Lipinski definition) is 1. The Labute approximate surface area is 209 Å². The van der Waals surface area contributed by atoms with Crippen LogP contribution in [0.15, 0.2) is 97.1 Å². The van der Waals surface area contributed by atoms with Crippen molar-refractivity contribution in [2.24, 2.45) is 7.05 Å². The zero-order valence-corrected chi connectivity index (χ0v) is 20.6. The predicted molar refractivity (Wildman–Crippen MR) is 150 cm³/mol. The highest BCUT2D eigenvalue weighted by Gasteiger charge is 2.39. The van der Waals surface area contributed by atoms with E-state index in [1.54, 1.807) is 0 Å². The smallest absolute Gasteiger partial charge is 0.215 e. The first-order valence-corrected chi connectivity index (χ1v) is 12.6. The average Bonchev–Trinajstić information content (AvgIpc) is 3.49. The van der Waals surface area contributed by atoms with E-state index in [0.717, 1.165) is 17.0 Å². The maximum Gasteiger partial charge on any atom is 0.215 e. The Morgan fingerprint density at radius 2 is 1.28 bits per heavy atom. The summed E-state index contributed by atoms with van der Waals surface area (Å²) in [6.07, 6.45) is 0. The summed E-state index contributed by atoms with van der Waals surface area (Å²) in [5.41, 5.74) is 9.97. The largest absolute Gasteiger partial charge is 0.313 e. The third-order valence-corrected chi connectivity index (χ3v) is 8.33. The number of aromatic nitrogens is 3. The second-order valence-electron chi connectivity index (χ2n) is 10.5. The van der Waals surface area contributed by atoms with Crippen molar-refractivity contribution in [1.82, 2.24) is 14.1 Å². The molecule has 0 aliphatic heterocycles. The monoisotopic (exact) mass is 463 g/mol. The summed E-state index contributed by atoms with van der Waals surface area (Å²) in [4.78, 5) is 5.16. The Bertz CT molecular complexity index is 2030. The van der Waals surface area contributed by atoms with Gasteiger partial charge >= 0.3 is 0 Å². The van der Waals surface area contributed by atoms with Crippen molar-refractivity contribution in [3.05, 3.63) is 108 Å². The fourth-order valence-electron chi connectivity index (χ4n) is 6.58. The molecule has 5 aromatic carbocycles. The first-order valence-electron chi connectivity index (χ1n) is 12.6. The molecule has 0 unspecified atom stereocenters. The molecule has 1 aliphatic carbocycles. The molecule has 0 N–H and O–H groups in total. The molecule has 36 heavy (non-hydrogen) atoms. The van der Waals surface area contributed by atoms with Gasteiger partial charge in [0, 0.05) is 28.8 Å². The van der Waals surface area contributed by atoms with Crippen LogP contribution in [0.3, 0.4) is 0 Å². The summed E-state index contributed by atoms with van der Waals surface area (Å²) < 4.78 is 4.63. The summed E-state index contributed by atoms with van der Waals surface area (Å²) >= 11 is 0. The van der Waals surface area contributed by atoms with E-state index >= 15 is 0 Å². The van der Waals surface area contributed by atoms with Gasteiger partial charge in [0.25, 0.3) is 0 Å². The van der Waals surface area contributed by atoms with Gasteiger partial charge < -0.3 is 4.57 Å². The van der Waals surface area contributed by atoms with Crippen molar-refractivity contribution in [2.45, 2.75) is 19.3 Å². The second kappa shape index (κ2) is 6.64. The fraction of sp³-hybridized carbons (Fsp3) is 0.121. The van der Waals surface area contributed by atoms with E-state index in [1.807, 2.05) is 0 Å². The summed E-state index contributed by atoms with van der Waals surface area (Å²) in [5, 5.41) is 5.13. The third kappa shape index (κ3) is 2.31. The molecule has 7 aromatic rings. The van der Waals surface area contributed by atoms with Gasteiger partial charge in [-0.1, -0.05) is 92.7 Å². The lowest BCUT2D eigenvalue weighted by molar-refractivity contribution is 0.661. The second-order valence-corrected chi connectivity index (χ2v) is 10.5. The van der Waals surface area contributed by atoms with E-state index in [0.29, 0.717) is 0 Å². The topological polar surface area (TPSA) is 22.8 Å². The molecule has 2 aromatic heterocycles. The van der Waals surface area contributed by atoms with Crippen LogP contribution >= 0.6 is 0 Å². The van der Waals surface area contributed by atoms with E-state index in [4.69, 9.17) is 4.98 Å². The molecule has 3 nitrogen and oxygen atoms in total. The molecule has 3 heteroatoms. The van der Waals surface area contributed by atoms with E-state index in [2.05, 4.69) is 127 Å². The van der Waals surface area contributed by atoms with Gasteiger partial charge in [-0.3, -0.25) is 4.57 Å². The van der Waals surface area contributed by atoms with Crippen molar-refractivity contribution in [3.63, 3.8) is 0 Å². The Morgan fingerprint density at radius 1 is 0.611 bits per heavy atom. The van der Waals surface area contributed by atoms with Crippen LogP contribution in [0.25, 0.3) is 60.7 Å². The molecule has 0 fully saturated rings. The van der Waals surface area contributed by atoms with Gasteiger partial charge in [-0.15, -0.1) is 0 Å². The van der Waals surface area contributed by atoms with Crippen molar-refractivity contribution in [2.75, 3.05) is 0 Å². The maximum atomic E-state index is 5.16. The molecule has 0 saturated heterocycles. The Balaban J connectivity index is 1.64. The van der Waals surface area contributed by atoms with E-state index in [1.165, 1.54) is 54.8 Å². The molecule has 2 heterocycles. The minimum atomic E-state index is -0.0868. The van der Waals surface area contributed by atoms with Gasteiger partial charge in [0.2, 0.25) is 5.95 Å². The quantitative estimate of drug-likeness (QED) is 0.241. The fourth-order valence-corrected chi connectivity index (χ4v) is 6.58. The summed E-state index contributed by atoms with van der Waals surface area (Å²) in [5.74, 6) is 0.947. The molecule has 0 amide bonds. The molecule has 1 aliphatic rings. The van der Waals surface area contributed by atoms with Crippen LogP contribution in [0.4, 0.5) is 0 Å². The molecule has 8 rings (SSSR count). The number of aryl methyl sites for hydroxylation is 1. The molecule has 172 valence electrons. The van der Waals surface area contributed by atoms with E-state index in [-0.39, 0.29) is 5.41 Å². The van der Waals surface area contributed by atoms with Crippen LogP contribution in [0.5, 0.6) is 0 Å². The number of benzene rings is 5. The van der Waals surface area contributed by atoms with Gasteiger partial charge in [-0.2, -0.15) is 0 Å². The highest BCUT2D eigenvalue weighted by Crippen LogP contribution is 2.54. The van der Waals surface area contributed by atoms with Gasteiger partial charge in [0.15, 0.2) is 0 Å². The van der Waals surface area contributed by atoms with Crippen LogP contribution in [0.1, 0.15) is 25.0 Å². The van der Waals surface area contributed by atoms with Gasteiger partial charge in [-0.25, -0.2) is 4.98 Å². The molecule has 0 spiro atoms. The van der Waals surface area contributed by atoms with E-state index in [9.17, 15) is 0 Å². The van der Waals surface area contributed by atoms with Crippen molar-refractivity contribution in [1.29, 1.82) is 0 Å². The standard InChI is InChI=1S/C33H25N3/c1-33(2)24-18-16-20-10-4-5-11-21(20)29(24)30-25(33)19-17-23-22-12-6-8-14-27(22)36(31(23)30)32-34-26-13-7-9-15-28(26)35(32)3/h4-19H,1-3H3. The highest BCUT2D eigenvalue weighted by atomic mass is 15.2. The summed E-state index contributed by atoms with van der Waals surface area (Å²) in [6.45, 7) is 4.72. The van der Waals surface area contributed by atoms with E-state index < -0.39 is 0 Å². The van der Waals surface area contributed by atoms with Crippen molar-refractivity contribution < 1.29 is 0 Å². The molecule has 0 radical (unpaired) electrons. The minimum Gasteiger partial charge on any atom is -0.313 e. The highest BCUT2D eigenvalue weighted by molar-refractivity contribution is 6.18. The summed E-state index contributed by atoms with van der Waals surface area (Å²) in [6, 6.07) is 35.2. The van der Waals surface area contributed by atoms with Crippen molar-refractivity contribution >= 4 is 43.6 Å². The summed E-state index contributed by atoms with van der Waals surface area (Å²) in [7, 11) is 2.13. The third-order valence-electron chi connectivity index (χ3n) is 8.33. The molecule has 0 bridgehead atoms. The lowest BCUT2D eigenvalue weighted by Gasteiger charge is -2.21. The number of para-hydroxylation sites is 3. The van der Waals surface area contributed by atoms with Crippen LogP contribution in [0.2, 0.25) is 0 Å². The predicted octanol–water partition coefficient (Wildman–Crippen LogP) is 8.13. The molecular formula is C33H25N3. The molecule has 0 saturated carbocycles. The van der Waals surface area contributed by atoms with Gasteiger partial charge in [-0.05, 0) is 45.7 Å². The first kappa shape index (κ1) is 19.9. The zero-order chi connectivity index (χ0) is 24.2. The first-order chi connectivity index (χ1) is 17.6. The Kier molecular flexibility index (Phi) is 3.67. The maximum absolute atomic E-state index is 5.16. The van der Waals surface area contributed by atoms with Crippen LogP contribution in [0, 0.1) is 0 Å². The van der Waals surface area contributed by atoms with Crippen LogP contribution in [-0.4, -0.2) is 14.1 Å². The zero-order valence-electron chi connectivity index (χ0n) is 20.6. The van der Waals surface area contributed by atoms with Crippen LogP contribution < -0.4 is 0 Å². The SMILES string of the molecule is Cn1c(-n2c3ccccc3c3ccc4c(c32)-c2c(ccc3ccccc23)C4(C)C)nc2ccccc21. The van der Waals surface area contributed by atoms with Crippen LogP contribution in [-0.2, 0) is 12.5 Å². The minimum absolute atomic E-state index is 0.0868. The average molecular weight is 464 g/mol. The Hall–Kier alpha value is -4.37. The van der Waals surface area contributed by atoms with Gasteiger partial charge in [0.05, 0.1) is 22.1 Å². The number of fused-ring (bicyclic) bond motifs is 10. The number of nitrogens with zero attached hydrogens (tertiary/aromatic N) is 3. The number of hydrogen-bond donors (Lipinski definition) is 0. The lowest BCUT2D eigenvalue weighted by atomic mass is 9.82. The molecule has 0 atom stereocenters. The Morgan fingerprint density at radius 3 is 2.11 bits per heavy atom. The normalized spacial score (nSPS) is 14.2.